The Morgan fingerprint density at radius 3 is 2.41 bits per heavy atom. The minimum atomic E-state index is -0.768. The molecule has 0 radical (unpaired) electrons. The molecule has 180 valence electrons. The van der Waals surface area contributed by atoms with Crippen LogP contribution in [0.2, 0.25) is 0 Å². The summed E-state index contributed by atoms with van der Waals surface area (Å²) in [5.41, 5.74) is 7.21. The van der Waals surface area contributed by atoms with Crippen molar-refractivity contribution in [1.82, 2.24) is 0 Å². The smallest absolute Gasteiger partial charge is 0.303 e. The van der Waals surface area contributed by atoms with E-state index in [-0.39, 0.29) is 6.42 Å². The number of carboxylic acid groups (broad SMARTS) is 1. The summed E-state index contributed by atoms with van der Waals surface area (Å²) in [6, 6.07) is 22.9. The molecule has 3 aromatic rings. The average Bonchev–Trinajstić information content (AvgIpc) is 2.79. The van der Waals surface area contributed by atoms with Gasteiger partial charge >= 0.3 is 5.97 Å². The lowest BCUT2D eigenvalue weighted by molar-refractivity contribution is -0.136. The molecule has 0 heterocycles. The molecule has 4 nitrogen and oxygen atoms in total. The van der Waals surface area contributed by atoms with Gasteiger partial charge in [0, 0.05) is 18.7 Å². The van der Waals surface area contributed by atoms with E-state index < -0.39 is 5.97 Å². The van der Waals surface area contributed by atoms with Crippen molar-refractivity contribution < 1.29 is 14.6 Å². The van der Waals surface area contributed by atoms with E-state index in [0.29, 0.717) is 11.8 Å². The van der Waals surface area contributed by atoms with E-state index in [1.807, 2.05) is 24.3 Å². The summed E-state index contributed by atoms with van der Waals surface area (Å²) in [4.78, 5) is 10.7. The van der Waals surface area contributed by atoms with Gasteiger partial charge in [0.2, 0.25) is 0 Å². The number of carbonyl (C=O) groups is 1. The van der Waals surface area contributed by atoms with Crippen LogP contribution in [0.15, 0.2) is 66.7 Å². The van der Waals surface area contributed by atoms with Crippen molar-refractivity contribution in [3.05, 3.63) is 83.4 Å². The fourth-order valence-corrected chi connectivity index (χ4v) is 3.94. The molecule has 0 aliphatic rings. The van der Waals surface area contributed by atoms with Gasteiger partial charge in [0.15, 0.2) is 0 Å². The maximum absolute atomic E-state index is 10.7. The number of aryl methyl sites for hydroxylation is 2. The lowest BCUT2D eigenvalue weighted by Gasteiger charge is -2.18. The zero-order valence-electron chi connectivity index (χ0n) is 20.9. The lowest BCUT2D eigenvalue weighted by Crippen LogP contribution is -2.08. The minimum Gasteiger partial charge on any atom is -0.494 e. The largest absolute Gasteiger partial charge is 0.494 e. The van der Waals surface area contributed by atoms with Crippen LogP contribution in [-0.4, -0.2) is 17.7 Å². The molecule has 0 amide bonds. The molecule has 2 N–H and O–H groups in total. The number of hydrogen-bond donors (Lipinski definition) is 2. The number of benzene rings is 3. The Labute approximate surface area is 204 Å². The fraction of sp³-hybridized carbons (Fsp3) is 0.367. The highest BCUT2D eigenvalue weighted by atomic mass is 16.5. The molecule has 0 bridgehead atoms. The Hall–Kier alpha value is -3.27. The Morgan fingerprint density at radius 1 is 0.971 bits per heavy atom. The van der Waals surface area contributed by atoms with Gasteiger partial charge in [-0.3, -0.25) is 4.79 Å². The van der Waals surface area contributed by atoms with E-state index in [2.05, 4.69) is 75.5 Å². The second-order valence-corrected chi connectivity index (χ2v) is 10.1. The number of carboxylic acids is 1. The molecule has 0 unspecified atom stereocenters. The second-order valence-electron chi connectivity index (χ2n) is 10.1. The van der Waals surface area contributed by atoms with Crippen molar-refractivity contribution in [2.24, 2.45) is 5.41 Å². The number of hydrogen-bond acceptors (Lipinski definition) is 3. The molecule has 4 heteroatoms. The van der Waals surface area contributed by atoms with E-state index in [1.165, 1.54) is 22.3 Å². The molecule has 0 aliphatic carbocycles. The Kier molecular flexibility index (Phi) is 8.75. The average molecular weight is 460 g/mol. The summed E-state index contributed by atoms with van der Waals surface area (Å²) >= 11 is 0. The molecule has 0 aromatic heterocycles. The van der Waals surface area contributed by atoms with Crippen molar-refractivity contribution >= 4 is 11.7 Å². The topological polar surface area (TPSA) is 58.6 Å². The highest BCUT2D eigenvalue weighted by molar-refractivity contribution is 5.69. The van der Waals surface area contributed by atoms with Crippen LogP contribution in [0.25, 0.3) is 11.1 Å². The zero-order valence-corrected chi connectivity index (χ0v) is 20.9. The van der Waals surface area contributed by atoms with Crippen LogP contribution >= 0.6 is 0 Å². The van der Waals surface area contributed by atoms with Crippen molar-refractivity contribution in [1.29, 1.82) is 0 Å². The van der Waals surface area contributed by atoms with E-state index in [9.17, 15) is 4.79 Å². The van der Waals surface area contributed by atoms with E-state index in [4.69, 9.17) is 9.84 Å². The standard InChI is InChI=1S/C30H37NO3/c1-22-19-27(34-18-6-17-30(2,3)4)14-15-28(22)25-8-5-7-24(20-25)21-31-26-12-9-23(10-13-26)11-16-29(32)33/h5,7-10,12-15,19-20,31H,6,11,16-18,21H2,1-4H3,(H,32,33). The molecule has 3 aromatic carbocycles. The van der Waals surface area contributed by atoms with Gasteiger partial charge in [0.25, 0.3) is 0 Å². The van der Waals surface area contributed by atoms with E-state index in [1.54, 1.807) is 0 Å². The summed E-state index contributed by atoms with van der Waals surface area (Å²) < 4.78 is 5.98. The highest BCUT2D eigenvalue weighted by Gasteiger charge is 2.10. The fourth-order valence-electron chi connectivity index (χ4n) is 3.94. The molecule has 0 fully saturated rings. The molecule has 0 saturated heterocycles. The van der Waals surface area contributed by atoms with Crippen LogP contribution in [0.3, 0.4) is 0 Å². The molecule has 3 rings (SSSR count). The first-order valence-corrected chi connectivity index (χ1v) is 12.1. The second kappa shape index (κ2) is 11.7. The molecule has 0 spiro atoms. The van der Waals surface area contributed by atoms with E-state index in [0.717, 1.165) is 43.0 Å². The first-order chi connectivity index (χ1) is 16.2. The predicted octanol–water partition coefficient (Wildman–Crippen LogP) is 7.50. The van der Waals surface area contributed by atoms with Gasteiger partial charge < -0.3 is 15.2 Å². The van der Waals surface area contributed by atoms with Crippen LogP contribution in [0, 0.1) is 12.3 Å². The Balaban J connectivity index is 1.57. The summed E-state index contributed by atoms with van der Waals surface area (Å²) in [6.07, 6.45) is 2.92. The Bertz CT molecular complexity index is 1080. The van der Waals surface area contributed by atoms with Gasteiger partial charge in [-0.2, -0.15) is 0 Å². The quantitative estimate of drug-likeness (QED) is 0.292. The van der Waals surface area contributed by atoms with Crippen molar-refractivity contribution in [3.63, 3.8) is 0 Å². The number of nitrogens with one attached hydrogen (secondary N) is 1. The maximum atomic E-state index is 10.7. The third-order valence-electron chi connectivity index (χ3n) is 5.85. The monoisotopic (exact) mass is 459 g/mol. The Morgan fingerprint density at radius 2 is 1.74 bits per heavy atom. The molecule has 34 heavy (non-hydrogen) atoms. The van der Waals surface area contributed by atoms with Gasteiger partial charge in [0.05, 0.1) is 6.61 Å². The third kappa shape index (κ3) is 8.26. The molecular formula is C30H37NO3. The number of ether oxygens (including phenoxy) is 1. The molecule has 0 aliphatic heterocycles. The van der Waals surface area contributed by atoms with Crippen molar-refractivity contribution in [2.75, 3.05) is 11.9 Å². The van der Waals surface area contributed by atoms with Crippen LogP contribution < -0.4 is 10.1 Å². The minimum absolute atomic E-state index is 0.156. The number of aliphatic carboxylic acids is 1. The molecule has 0 saturated carbocycles. The molecular weight excluding hydrogens is 422 g/mol. The molecule has 0 atom stereocenters. The van der Waals surface area contributed by atoms with Gasteiger partial charge in [-0.25, -0.2) is 0 Å². The van der Waals surface area contributed by atoms with Crippen LogP contribution in [0.1, 0.15) is 56.7 Å². The van der Waals surface area contributed by atoms with Crippen molar-refractivity contribution in [2.45, 2.75) is 59.9 Å². The van der Waals surface area contributed by atoms with Gasteiger partial charge in [0.1, 0.15) is 5.75 Å². The van der Waals surface area contributed by atoms with Crippen LogP contribution in [0.5, 0.6) is 5.75 Å². The first-order valence-electron chi connectivity index (χ1n) is 12.1. The number of anilines is 1. The third-order valence-corrected chi connectivity index (χ3v) is 5.85. The van der Waals surface area contributed by atoms with Gasteiger partial charge in [-0.15, -0.1) is 0 Å². The summed E-state index contributed by atoms with van der Waals surface area (Å²) in [5, 5.41) is 12.3. The predicted molar refractivity (Wildman–Crippen MR) is 141 cm³/mol. The van der Waals surface area contributed by atoms with Crippen molar-refractivity contribution in [3.8, 4) is 16.9 Å². The zero-order chi connectivity index (χ0) is 24.6. The van der Waals surface area contributed by atoms with E-state index >= 15 is 0 Å². The van der Waals surface area contributed by atoms with Gasteiger partial charge in [-0.1, -0.05) is 57.2 Å². The normalized spacial score (nSPS) is 11.3. The summed E-state index contributed by atoms with van der Waals surface area (Å²) in [6.45, 7) is 10.4. The van der Waals surface area contributed by atoms with Crippen LogP contribution in [0.4, 0.5) is 5.69 Å². The lowest BCUT2D eigenvalue weighted by atomic mass is 9.91. The van der Waals surface area contributed by atoms with Gasteiger partial charge in [-0.05, 0) is 89.8 Å². The highest BCUT2D eigenvalue weighted by Crippen LogP contribution is 2.28. The number of rotatable bonds is 11. The maximum Gasteiger partial charge on any atom is 0.303 e. The van der Waals surface area contributed by atoms with Crippen LogP contribution in [-0.2, 0) is 17.8 Å². The SMILES string of the molecule is Cc1cc(OCCCC(C)(C)C)ccc1-c1cccc(CNc2ccc(CCC(=O)O)cc2)c1. The summed E-state index contributed by atoms with van der Waals surface area (Å²) in [7, 11) is 0. The summed E-state index contributed by atoms with van der Waals surface area (Å²) in [5.74, 6) is 0.162. The first kappa shape index (κ1) is 25.4.